The Morgan fingerprint density at radius 1 is 1.44 bits per heavy atom. The molecule has 0 saturated carbocycles. The molecule has 1 atom stereocenters. The number of aryl methyl sites for hydroxylation is 1. The number of rotatable bonds is 5. The fourth-order valence-electron chi connectivity index (χ4n) is 1.04. The summed E-state index contributed by atoms with van der Waals surface area (Å²) in [6.45, 7) is 6.91. The molecule has 4 heteroatoms. The minimum atomic E-state index is -3.77. The van der Waals surface area contributed by atoms with Gasteiger partial charge in [0.05, 0.1) is 11.5 Å². The SMILES string of the molecule is [2H]C(COS(=O)(=O)c1ccc(C)cc1)C(=C)C. The van der Waals surface area contributed by atoms with E-state index in [9.17, 15) is 8.42 Å². The summed E-state index contributed by atoms with van der Waals surface area (Å²) in [5, 5.41) is 0. The molecule has 0 bridgehead atoms. The predicted octanol–water partition coefficient (Wildman–Crippen LogP) is 2.67. The third-order valence-electron chi connectivity index (χ3n) is 1.96. The van der Waals surface area contributed by atoms with Crippen LogP contribution >= 0.6 is 0 Å². The summed E-state index contributed by atoms with van der Waals surface area (Å²) < 4.78 is 35.8. The molecule has 0 radical (unpaired) electrons. The highest BCUT2D eigenvalue weighted by Crippen LogP contribution is 2.13. The predicted molar refractivity (Wildman–Crippen MR) is 63.7 cm³/mol. The molecule has 0 aliphatic carbocycles. The van der Waals surface area contributed by atoms with E-state index in [1.54, 1.807) is 19.1 Å². The van der Waals surface area contributed by atoms with Crippen LogP contribution in [0.3, 0.4) is 0 Å². The first-order chi connectivity index (χ1) is 7.83. The molecule has 0 heterocycles. The van der Waals surface area contributed by atoms with Crippen LogP contribution in [-0.4, -0.2) is 15.0 Å². The Kier molecular flexibility index (Phi) is 3.74. The Morgan fingerprint density at radius 2 is 2.00 bits per heavy atom. The van der Waals surface area contributed by atoms with Crippen LogP contribution in [0.4, 0.5) is 0 Å². The van der Waals surface area contributed by atoms with Gasteiger partial charge in [0.25, 0.3) is 10.1 Å². The molecule has 16 heavy (non-hydrogen) atoms. The summed E-state index contributed by atoms with van der Waals surface area (Å²) in [5.41, 5.74) is 1.55. The largest absolute Gasteiger partial charge is 0.296 e. The third kappa shape index (κ3) is 3.79. The zero-order valence-electron chi connectivity index (χ0n) is 10.4. The summed E-state index contributed by atoms with van der Waals surface area (Å²) >= 11 is 0. The number of hydrogen-bond donors (Lipinski definition) is 0. The van der Waals surface area contributed by atoms with E-state index in [0.29, 0.717) is 5.57 Å². The van der Waals surface area contributed by atoms with Gasteiger partial charge in [-0.05, 0) is 32.4 Å². The Balaban J connectivity index is 2.76. The minimum absolute atomic E-state index is 0.108. The summed E-state index contributed by atoms with van der Waals surface area (Å²) in [4.78, 5) is 0.108. The highest BCUT2D eigenvalue weighted by molar-refractivity contribution is 7.86. The van der Waals surface area contributed by atoms with E-state index in [2.05, 4.69) is 6.58 Å². The van der Waals surface area contributed by atoms with Gasteiger partial charge in [-0.15, -0.1) is 6.58 Å². The van der Waals surface area contributed by atoms with Gasteiger partial charge in [-0.2, -0.15) is 8.42 Å². The number of benzene rings is 1. The molecule has 1 unspecified atom stereocenters. The number of hydrogen-bond acceptors (Lipinski definition) is 3. The van der Waals surface area contributed by atoms with Crippen molar-refractivity contribution in [3.8, 4) is 0 Å². The van der Waals surface area contributed by atoms with Crippen LogP contribution < -0.4 is 0 Å². The van der Waals surface area contributed by atoms with Gasteiger partial charge in [-0.1, -0.05) is 23.3 Å². The van der Waals surface area contributed by atoms with Gasteiger partial charge in [0.1, 0.15) is 0 Å². The van der Waals surface area contributed by atoms with Crippen LogP contribution in [0.2, 0.25) is 0 Å². The minimum Gasteiger partial charge on any atom is -0.266 e. The average molecular weight is 241 g/mol. The lowest BCUT2D eigenvalue weighted by molar-refractivity contribution is 0.322. The van der Waals surface area contributed by atoms with Crippen molar-refractivity contribution in [2.24, 2.45) is 0 Å². The smallest absolute Gasteiger partial charge is 0.266 e. The van der Waals surface area contributed by atoms with Crippen molar-refractivity contribution >= 4 is 10.1 Å². The topological polar surface area (TPSA) is 43.4 Å². The molecule has 3 nitrogen and oxygen atoms in total. The second-order valence-electron chi connectivity index (χ2n) is 3.60. The normalized spacial score (nSPS) is 14.2. The first kappa shape index (κ1) is 11.4. The molecule has 0 saturated heterocycles. The second kappa shape index (κ2) is 5.27. The molecular weight excluding hydrogens is 224 g/mol. The van der Waals surface area contributed by atoms with Crippen molar-refractivity contribution in [2.75, 3.05) is 6.61 Å². The van der Waals surface area contributed by atoms with Crippen LogP contribution in [-0.2, 0) is 14.3 Å². The lowest BCUT2D eigenvalue weighted by Gasteiger charge is -2.05. The summed E-state index contributed by atoms with van der Waals surface area (Å²) in [6, 6.07) is 6.38. The first-order valence-corrected chi connectivity index (χ1v) is 6.27. The van der Waals surface area contributed by atoms with E-state index < -0.39 is 16.5 Å². The molecule has 0 N–H and O–H groups in total. The van der Waals surface area contributed by atoms with Crippen molar-refractivity contribution in [3.05, 3.63) is 42.0 Å². The Bertz CT molecular complexity index is 491. The maximum absolute atomic E-state index is 11.7. The summed E-state index contributed by atoms with van der Waals surface area (Å²) in [6.07, 6.45) is -0.727. The zero-order valence-corrected chi connectivity index (χ0v) is 10.3. The Hall–Kier alpha value is -1.13. The van der Waals surface area contributed by atoms with E-state index in [1.807, 2.05) is 6.92 Å². The van der Waals surface area contributed by atoms with Crippen molar-refractivity contribution in [2.45, 2.75) is 25.1 Å². The Morgan fingerprint density at radius 3 is 2.50 bits per heavy atom. The fourth-order valence-corrected chi connectivity index (χ4v) is 1.89. The summed E-state index contributed by atoms with van der Waals surface area (Å²) in [7, 11) is -3.77. The molecule has 0 aliphatic heterocycles. The van der Waals surface area contributed by atoms with Gasteiger partial charge in [-0.25, -0.2) is 0 Å². The van der Waals surface area contributed by atoms with Gasteiger partial charge in [0.15, 0.2) is 0 Å². The lowest BCUT2D eigenvalue weighted by Crippen LogP contribution is -2.07. The highest BCUT2D eigenvalue weighted by Gasteiger charge is 2.14. The average Bonchev–Trinajstić information content (AvgIpc) is 2.26. The van der Waals surface area contributed by atoms with Gasteiger partial charge in [0, 0.05) is 1.37 Å². The maximum Gasteiger partial charge on any atom is 0.296 e. The van der Waals surface area contributed by atoms with Gasteiger partial charge >= 0.3 is 0 Å². The van der Waals surface area contributed by atoms with Gasteiger partial charge < -0.3 is 0 Å². The van der Waals surface area contributed by atoms with E-state index in [-0.39, 0.29) is 11.5 Å². The van der Waals surface area contributed by atoms with Crippen molar-refractivity contribution in [1.82, 2.24) is 0 Å². The van der Waals surface area contributed by atoms with Crippen LogP contribution in [0.15, 0.2) is 41.3 Å². The van der Waals surface area contributed by atoms with Crippen molar-refractivity contribution in [1.29, 1.82) is 0 Å². The molecule has 1 rings (SSSR count). The molecule has 0 aliphatic rings. The first-order valence-electron chi connectivity index (χ1n) is 5.44. The molecule has 1 aromatic carbocycles. The van der Waals surface area contributed by atoms with Gasteiger partial charge in [0.2, 0.25) is 0 Å². The maximum atomic E-state index is 11.7. The van der Waals surface area contributed by atoms with Crippen LogP contribution in [0.5, 0.6) is 0 Å². The standard InChI is InChI=1S/C12H16O3S/c1-10(2)8-9-15-16(13,14)12-6-4-11(3)5-7-12/h4-7H,1,8-9H2,2-3H3/i8D. The molecule has 0 amide bonds. The summed E-state index contributed by atoms with van der Waals surface area (Å²) in [5.74, 6) is 0. The fraction of sp³-hybridized carbons (Fsp3) is 0.333. The monoisotopic (exact) mass is 241 g/mol. The van der Waals surface area contributed by atoms with E-state index in [1.165, 1.54) is 12.1 Å². The van der Waals surface area contributed by atoms with E-state index in [4.69, 9.17) is 5.55 Å². The Labute approximate surface area is 98.3 Å². The molecule has 0 aromatic heterocycles. The molecule has 0 spiro atoms. The van der Waals surface area contributed by atoms with Crippen molar-refractivity contribution in [3.63, 3.8) is 0 Å². The second-order valence-corrected chi connectivity index (χ2v) is 5.22. The van der Waals surface area contributed by atoms with Crippen LogP contribution in [0, 0.1) is 6.92 Å². The zero-order chi connectivity index (χ0) is 13.1. The van der Waals surface area contributed by atoms with E-state index >= 15 is 0 Å². The molecular formula is C12H16O3S. The van der Waals surface area contributed by atoms with Gasteiger partial charge in [-0.3, -0.25) is 4.18 Å². The molecule has 0 fully saturated rings. The highest BCUT2D eigenvalue weighted by atomic mass is 32.2. The molecule has 1 aromatic rings. The lowest BCUT2D eigenvalue weighted by atomic mass is 10.2. The van der Waals surface area contributed by atoms with Crippen molar-refractivity contribution < 1.29 is 14.0 Å². The molecule has 88 valence electrons. The van der Waals surface area contributed by atoms with E-state index in [0.717, 1.165) is 5.56 Å². The third-order valence-corrected chi connectivity index (χ3v) is 3.26. The quantitative estimate of drug-likeness (QED) is 0.588. The van der Waals surface area contributed by atoms with Crippen LogP contribution in [0.1, 0.15) is 20.3 Å². The van der Waals surface area contributed by atoms with Crippen LogP contribution in [0.25, 0.3) is 0 Å².